The van der Waals surface area contributed by atoms with E-state index in [9.17, 15) is 4.79 Å². The fraction of sp³-hybridized carbons (Fsp3) is 0.933. The van der Waals surface area contributed by atoms with Crippen LogP contribution in [0.4, 0.5) is 0 Å². The van der Waals surface area contributed by atoms with Gasteiger partial charge in [-0.05, 0) is 62.7 Å². The normalized spacial score (nSPS) is 43.5. The third-order valence-corrected chi connectivity index (χ3v) is 6.09. The molecule has 0 aromatic carbocycles. The quantitative estimate of drug-likeness (QED) is 0.441. The summed E-state index contributed by atoms with van der Waals surface area (Å²) in [5.41, 5.74) is 0.0359. The second-order valence-corrected chi connectivity index (χ2v) is 7.25. The van der Waals surface area contributed by atoms with Gasteiger partial charge in [0.1, 0.15) is 11.9 Å². The first kappa shape index (κ1) is 13.9. The van der Waals surface area contributed by atoms with E-state index in [1.165, 1.54) is 32.1 Å². The molecule has 19 heavy (non-hydrogen) atoms. The Kier molecular flexibility index (Phi) is 3.91. The first-order valence-electron chi connectivity index (χ1n) is 7.47. The van der Waals surface area contributed by atoms with Crippen molar-refractivity contribution in [1.82, 2.24) is 0 Å². The maximum absolute atomic E-state index is 11.1. The molecule has 0 N–H and O–H groups in total. The van der Waals surface area contributed by atoms with E-state index >= 15 is 0 Å². The molecule has 0 radical (unpaired) electrons. The molecule has 4 fully saturated rings. The molecule has 0 atom stereocenters. The summed E-state index contributed by atoms with van der Waals surface area (Å²) in [6.45, 7) is 3.22. The van der Waals surface area contributed by atoms with Gasteiger partial charge in [0.2, 0.25) is 0 Å². The Morgan fingerprint density at radius 3 is 2.21 bits per heavy atom. The van der Waals surface area contributed by atoms with Crippen LogP contribution < -0.4 is 0 Å². The van der Waals surface area contributed by atoms with Gasteiger partial charge in [-0.1, -0.05) is 15.9 Å². The molecule has 0 aromatic rings. The standard InChI is InChI=1S/C15H23BrO3/c1-15(19-3-2-18-14(17)9-16)12-5-10-4-11(7-12)8-13(15)6-10/h10-13H,2-9H2,1H3. The number of halogens is 1. The van der Waals surface area contributed by atoms with Crippen LogP contribution in [0.25, 0.3) is 0 Å². The van der Waals surface area contributed by atoms with Gasteiger partial charge in [0, 0.05) is 0 Å². The van der Waals surface area contributed by atoms with Crippen molar-refractivity contribution in [3.8, 4) is 0 Å². The van der Waals surface area contributed by atoms with Gasteiger partial charge in [-0.25, -0.2) is 0 Å². The summed E-state index contributed by atoms with van der Waals surface area (Å²) < 4.78 is 11.3. The molecule has 4 heteroatoms. The number of hydrogen-bond donors (Lipinski definition) is 0. The molecule has 4 rings (SSSR count). The van der Waals surface area contributed by atoms with Gasteiger partial charge in [0.05, 0.1) is 12.2 Å². The smallest absolute Gasteiger partial charge is 0.316 e. The van der Waals surface area contributed by atoms with E-state index in [0.717, 1.165) is 23.7 Å². The second-order valence-electron chi connectivity index (χ2n) is 6.69. The average Bonchev–Trinajstić information content (AvgIpc) is 2.40. The van der Waals surface area contributed by atoms with E-state index in [1.54, 1.807) is 0 Å². The summed E-state index contributed by atoms with van der Waals surface area (Å²) in [6.07, 6.45) is 6.87. The monoisotopic (exact) mass is 330 g/mol. The highest BCUT2D eigenvalue weighted by Crippen LogP contribution is 2.59. The number of esters is 1. The highest BCUT2D eigenvalue weighted by Gasteiger charge is 2.55. The summed E-state index contributed by atoms with van der Waals surface area (Å²) >= 11 is 3.09. The molecule has 0 heterocycles. The summed E-state index contributed by atoms with van der Waals surface area (Å²) in [7, 11) is 0. The zero-order valence-electron chi connectivity index (χ0n) is 11.6. The van der Waals surface area contributed by atoms with Crippen LogP contribution in [-0.4, -0.2) is 30.1 Å². The van der Waals surface area contributed by atoms with Crippen LogP contribution in [0.3, 0.4) is 0 Å². The van der Waals surface area contributed by atoms with Gasteiger partial charge in [0.25, 0.3) is 0 Å². The Morgan fingerprint density at radius 2 is 1.68 bits per heavy atom. The Labute approximate surface area is 123 Å². The van der Waals surface area contributed by atoms with Crippen molar-refractivity contribution in [2.75, 3.05) is 18.5 Å². The zero-order valence-corrected chi connectivity index (χ0v) is 13.2. The number of rotatable bonds is 5. The molecule has 4 saturated carbocycles. The Morgan fingerprint density at radius 1 is 1.11 bits per heavy atom. The minimum Gasteiger partial charge on any atom is -0.463 e. The van der Waals surface area contributed by atoms with Gasteiger partial charge < -0.3 is 9.47 Å². The van der Waals surface area contributed by atoms with E-state index in [0.29, 0.717) is 13.2 Å². The molecule has 0 amide bonds. The first-order valence-corrected chi connectivity index (χ1v) is 8.59. The number of hydrogen-bond acceptors (Lipinski definition) is 3. The van der Waals surface area contributed by atoms with E-state index in [2.05, 4.69) is 22.9 Å². The molecule has 4 bridgehead atoms. The molecule has 3 nitrogen and oxygen atoms in total. The summed E-state index contributed by atoms with van der Waals surface area (Å²) in [6, 6.07) is 0. The molecule has 4 aliphatic rings. The summed E-state index contributed by atoms with van der Waals surface area (Å²) in [5, 5.41) is 0.263. The molecule has 0 aromatic heterocycles. The molecule has 0 spiro atoms. The maximum Gasteiger partial charge on any atom is 0.316 e. The molecular weight excluding hydrogens is 308 g/mol. The largest absolute Gasteiger partial charge is 0.463 e. The van der Waals surface area contributed by atoms with Crippen LogP contribution >= 0.6 is 15.9 Å². The molecule has 108 valence electrons. The van der Waals surface area contributed by atoms with E-state index in [4.69, 9.17) is 9.47 Å². The molecule has 0 saturated heterocycles. The lowest BCUT2D eigenvalue weighted by Gasteiger charge is -2.59. The second kappa shape index (κ2) is 5.36. The van der Waals surface area contributed by atoms with Gasteiger partial charge in [-0.15, -0.1) is 0 Å². The predicted molar refractivity (Wildman–Crippen MR) is 76.2 cm³/mol. The maximum atomic E-state index is 11.1. The van der Waals surface area contributed by atoms with Crippen molar-refractivity contribution in [2.24, 2.45) is 23.7 Å². The minimum atomic E-state index is -0.209. The summed E-state index contributed by atoms with van der Waals surface area (Å²) in [4.78, 5) is 11.1. The van der Waals surface area contributed by atoms with Crippen molar-refractivity contribution in [3.63, 3.8) is 0 Å². The highest BCUT2D eigenvalue weighted by atomic mass is 79.9. The molecular formula is C15H23BrO3. The SMILES string of the molecule is CC1(OCCOC(=O)CBr)C2CC3CC(C2)CC1C3. The van der Waals surface area contributed by atoms with Crippen molar-refractivity contribution < 1.29 is 14.3 Å². The van der Waals surface area contributed by atoms with Crippen molar-refractivity contribution >= 4 is 21.9 Å². The highest BCUT2D eigenvalue weighted by molar-refractivity contribution is 9.09. The van der Waals surface area contributed by atoms with Gasteiger partial charge in [0.15, 0.2) is 0 Å². The Hall–Kier alpha value is -0.0900. The van der Waals surface area contributed by atoms with Crippen molar-refractivity contribution in [2.45, 2.75) is 44.6 Å². The van der Waals surface area contributed by atoms with Gasteiger partial charge in [-0.2, -0.15) is 0 Å². The van der Waals surface area contributed by atoms with Crippen molar-refractivity contribution in [1.29, 1.82) is 0 Å². The van der Waals surface area contributed by atoms with E-state index in [-0.39, 0.29) is 16.9 Å². The topological polar surface area (TPSA) is 35.5 Å². The van der Waals surface area contributed by atoms with Gasteiger partial charge in [-0.3, -0.25) is 4.79 Å². The van der Waals surface area contributed by atoms with Crippen LogP contribution in [0.1, 0.15) is 39.0 Å². The Bertz CT molecular complexity index is 327. The lowest BCUT2D eigenvalue weighted by Crippen LogP contribution is -2.57. The van der Waals surface area contributed by atoms with Crippen molar-refractivity contribution in [3.05, 3.63) is 0 Å². The van der Waals surface area contributed by atoms with E-state index in [1.807, 2.05) is 0 Å². The van der Waals surface area contributed by atoms with Crippen LogP contribution in [0.15, 0.2) is 0 Å². The van der Waals surface area contributed by atoms with E-state index < -0.39 is 0 Å². The van der Waals surface area contributed by atoms with Crippen LogP contribution in [0.5, 0.6) is 0 Å². The third kappa shape index (κ3) is 2.58. The summed E-state index contributed by atoms with van der Waals surface area (Å²) in [5.74, 6) is 3.18. The molecule has 4 aliphatic carbocycles. The van der Waals surface area contributed by atoms with Crippen LogP contribution in [-0.2, 0) is 14.3 Å². The van der Waals surface area contributed by atoms with Gasteiger partial charge >= 0.3 is 5.97 Å². The number of alkyl halides is 1. The number of carbonyl (C=O) groups is 1. The fourth-order valence-electron chi connectivity index (χ4n) is 4.81. The zero-order chi connectivity index (χ0) is 13.5. The first-order chi connectivity index (χ1) is 9.11. The fourth-order valence-corrected chi connectivity index (χ4v) is 4.97. The van der Waals surface area contributed by atoms with Crippen LogP contribution in [0, 0.1) is 23.7 Å². The third-order valence-electron chi connectivity index (χ3n) is 5.63. The lowest BCUT2D eigenvalue weighted by molar-refractivity contribution is -0.199. The minimum absolute atomic E-state index is 0.0359. The molecule has 0 aliphatic heterocycles. The Balaban J connectivity index is 1.53. The molecule has 0 unspecified atom stereocenters. The van der Waals surface area contributed by atoms with Crippen LogP contribution in [0.2, 0.25) is 0 Å². The number of carbonyl (C=O) groups excluding carboxylic acids is 1. The predicted octanol–water partition coefficient (Wildman–Crippen LogP) is 3.16. The number of ether oxygens (including phenoxy) is 2. The lowest BCUT2D eigenvalue weighted by atomic mass is 9.50. The average molecular weight is 331 g/mol.